The van der Waals surface area contributed by atoms with Crippen molar-refractivity contribution in [1.82, 2.24) is 4.98 Å². The van der Waals surface area contributed by atoms with Gasteiger partial charge in [-0.2, -0.15) is 0 Å². The molecule has 1 N–H and O–H groups in total. The van der Waals surface area contributed by atoms with Crippen LogP contribution in [0, 0.1) is 0 Å². The van der Waals surface area contributed by atoms with Crippen LogP contribution in [0.5, 0.6) is 0 Å². The molecule has 0 bridgehead atoms. The second-order valence-electron chi connectivity index (χ2n) is 5.31. The maximum Gasteiger partial charge on any atom is 0.126 e. The smallest absolute Gasteiger partial charge is 0.126 e. The van der Waals surface area contributed by atoms with Crippen molar-refractivity contribution in [2.45, 2.75) is 33.6 Å². The molecule has 0 unspecified atom stereocenters. The number of methoxy groups -OCH3 is 1. The zero-order chi connectivity index (χ0) is 15.7. The lowest BCUT2D eigenvalue weighted by atomic mass is 10.1. The second-order valence-corrected chi connectivity index (χ2v) is 5.31. The topological polar surface area (TPSA) is 34.1 Å². The van der Waals surface area contributed by atoms with Gasteiger partial charge in [-0.15, -0.1) is 0 Å². The van der Waals surface area contributed by atoms with E-state index in [-0.39, 0.29) is 0 Å². The van der Waals surface area contributed by atoms with Crippen LogP contribution in [0.15, 0.2) is 48.2 Å². The first-order valence-corrected chi connectivity index (χ1v) is 7.25. The molecule has 3 nitrogen and oxygen atoms in total. The molecular formula is C18H26N2O. The molecule has 0 aliphatic rings. The number of allylic oxidation sites excluding steroid dienone is 3. The maximum absolute atomic E-state index is 5.13. The predicted molar refractivity (Wildman–Crippen MR) is 91.2 cm³/mol. The van der Waals surface area contributed by atoms with Crippen molar-refractivity contribution in [2.24, 2.45) is 0 Å². The second kappa shape index (κ2) is 9.01. The van der Waals surface area contributed by atoms with Gasteiger partial charge in [-0.1, -0.05) is 29.9 Å². The molecule has 114 valence electrons. The van der Waals surface area contributed by atoms with Gasteiger partial charge in [-0.3, -0.25) is 0 Å². The zero-order valence-electron chi connectivity index (χ0n) is 13.6. The van der Waals surface area contributed by atoms with Crippen molar-refractivity contribution in [3.63, 3.8) is 0 Å². The van der Waals surface area contributed by atoms with Crippen LogP contribution in [0.4, 0.5) is 5.82 Å². The molecule has 1 aromatic rings. The number of aromatic nitrogens is 1. The molecule has 1 aromatic heterocycles. The summed E-state index contributed by atoms with van der Waals surface area (Å²) >= 11 is 0. The highest BCUT2D eigenvalue weighted by Crippen LogP contribution is 2.15. The molecule has 0 atom stereocenters. The molecule has 1 heterocycles. The number of hydrogen-bond acceptors (Lipinski definition) is 3. The minimum Gasteiger partial charge on any atom is -0.497 e. The third-order valence-corrected chi connectivity index (χ3v) is 3.15. The largest absolute Gasteiger partial charge is 0.497 e. The average molecular weight is 286 g/mol. The van der Waals surface area contributed by atoms with E-state index in [0.29, 0.717) is 5.76 Å². The SMILES string of the molecule is C=C(OC)c1ccnc(NC/C=C(\C)CCC=C(C)C)c1. The third-order valence-electron chi connectivity index (χ3n) is 3.15. The van der Waals surface area contributed by atoms with Crippen LogP contribution in [-0.4, -0.2) is 18.6 Å². The molecule has 0 fully saturated rings. The van der Waals surface area contributed by atoms with Gasteiger partial charge >= 0.3 is 0 Å². The van der Waals surface area contributed by atoms with Gasteiger partial charge in [0.2, 0.25) is 0 Å². The molecule has 0 saturated carbocycles. The fraction of sp³-hybridized carbons (Fsp3) is 0.389. The highest BCUT2D eigenvalue weighted by molar-refractivity contribution is 5.60. The lowest BCUT2D eigenvalue weighted by molar-refractivity contribution is 0.371. The summed E-state index contributed by atoms with van der Waals surface area (Å²) in [5, 5.41) is 3.29. The molecule has 0 spiro atoms. The van der Waals surface area contributed by atoms with Crippen molar-refractivity contribution in [3.05, 3.63) is 53.8 Å². The number of pyridine rings is 1. The Morgan fingerprint density at radius 3 is 2.76 bits per heavy atom. The van der Waals surface area contributed by atoms with Crippen LogP contribution in [0.1, 0.15) is 39.2 Å². The average Bonchev–Trinajstić information content (AvgIpc) is 2.46. The molecule has 0 radical (unpaired) electrons. The molecule has 0 aliphatic heterocycles. The van der Waals surface area contributed by atoms with Gasteiger partial charge in [0.05, 0.1) is 7.11 Å². The van der Waals surface area contributed by atoms with Crippen LogP contribution in [0.25, 0.3) is 5.76 Å². The minimum absolute atomic E-state index is 0.647. The number of nitrogens with zero attached hydrogens (tertiary/aromatic N) is 1. The van der Waals surface area contributed by atoms with E-state index in [9.17, 15) is 0 Å². The van der Waals surface area contributed by atoms with Gasteiger partial charge in [0, 0.05) is 18.3 Å². The van der Waals surface area contributed by atoms with Gasteiger partial charge < -0.3 is 10.1 Å². The molecule has 0 amide bonds. The molecule has 1 rings (SSSR count). The normalized spacial score (nSPS) is 11.0. The van der Waals surface area contributed by atoms with Crippen molar-refractivity contribution < 1.29 is 4.74 Å². The third kappa shape index (κ3) is 6.80. The summed E-state index contributed by atoms with van der Waals surface area (Å²) in [5.74, 6) is 1.48. The van der Waals surface area contributed by atoms with E-state index in [1.165, 1.54) is 11.1 Å². The van der Waals surface area contributed by atoms with E-state index in [0.717, 1.165) is 30.8 Å². The number of ether oxygens (including phenoxy) is 1. The van der Waals surface area contributed by atoms with Gasteiger partial charge in [-0.05, 0) is 45.7 Å². The molecule has 0 aliphatic carbocycles. The number of rotatable bonds is 8. The lowest BCUT2D eigenvalue weighted by Gasteiger charge is -2.07. The van der Waals surface area contributed by atoms with E-state index in [2.05, 4.69) is 49.8 Å². The van der Waals surface area contributed by atoms with E-state index >= 15 is 0 Å². The van der Waals surface area contributed by atoms with E-state index in [1.54, 1.807) is 13.3 Å². The Morgan fingerprint density at radius 1 is 1.33 bits per heavy atom. The van der Waals surface area contributed by atoms with Crippen LogP contribution >= 0.6 is 0 Å². The summed E-state index contributed by atoms with van der Waals surface area (Å²) in [5.41, 5.74) is 3.71. The van der Waals surface area contributed by atoms with Crippen molar-refractivity contribution >= 4 is 11.6 Å². The van der Waals surface area contributed by atoms with Crippen LogP contribution in [0.3, 0.4) is 0 Å². The first kappa shape index (κ1) is 17.0. The van der Waals surface area contributed by atoms with Gasteiger partial charge in [0.25, 0.3) is 0 Å². The Morgan fingerprint density at radius 2 is 2.10 bits per heavy atom. The summed E-state index contributed by atoms with van der Waals surface area (Å²) in [6.07, 6.45) is 8.44. The standard InChI is InChI=1S/C18H26N2O/c1-14(2)7-6-8-15(3)9-11-19-18-13-17(10-12-20-18)16(4)21-5/h7,9-10,12-13H,4,6,8,11H2,1-3,5H3,(H,19,20)/b15-9+. The molecule has 21 heavy (non-hydrogen) atoms. The van der Waals surface area contributed by atoms with Crippen LogP contribution in [-0.2, 0) is 4.74 Å². The van der Waals surface area contributed by atoms with Crippen LogP contribution in [0.2, 0.25) is 0 Å². The number of hydrogen-bond donors (Lipinski definition) is 1. The fourth-order valence-electron chi connectivity index (χ4n) is 1.84. The summed E-state index contributed by atoms with van der Waals surface area (Å²) in [6.45, 7) is 11.0. The quantitative estimate of drug-likeness (QED) is 0.550. The predicted octanol–water partition coefficient (Wildman–Crippen LogP) is 4.80. The Balaban J connectivity index is 2.48. The Hall–Kier alpha value is -2.03. The summed E-state index contributed by atoms with van der Waals surface area (Å²) in [6, 6.07) is 3.83. The molecular weight excluding hydrogens is 260 g/mol. The monoisotopic (exact) mass is 286 g/mol. The molecule has 3 heteroatoms. The number of anilines is 1. The highest BCUT2D eigenvalue weighted by atomic mass is 16.5. The maximum atomic E-state index is 5.13. The Bertz CT molecular complexity index is 526. The van der Waals surface area contributed by atoms with Gasteiger partial charge in [0.15, 0.2) is 0 Å². The van der Waals surface area contributed by atoms with Gasteiger partial charge in [-0.25, -0.2) is 4.98 Å². The van der Waals surface area contributed by atoms with Crippen molar-refractivity contribution in [2.75, 3.05) is 19.0 Å². The first-order chi connectivity index (χ1) is 10.0. The van der Waals surface area contributed by atoms with Crippen molar-refractivity contribution in [1.29, 1.82) is 0 Å². The van der Waals surface area contributed by atoms with Crippen molar-refractivity contribution in [3.8, 4) is 0 Å². The Kier molecular flexibility index (Phi) is 7.30. The molecule has 0 aromatic carbocycles. The Labute approximate surface area is 128 Å². The highest BCUT2D eigenvalue weighted by Gasteiger charge is 2.00. The fourth-order valence-corrected chi connectivity index (χ4v) is 1.84. The summed E-state index contributed by atoms with van der Waals surface area (Å²) < 4.78 is 5.13. The minimum atomic E-state index is 0.647. The van der Waals surface area contributed by atoms with Crippen LogP contribution < -0.4 is 5.32 Å². The van der Waals surface area contributed by atoms with Gasteiger partial charge in [0.1, 0.15) is 11.6 Å². The molecule has 0 saturated heterocycles. The summed E-state index contributed by atoms with van der Waals surface area (Å²) in [4.78, 5) is 4.29. The zero-order valence-corrected chi connectivity index (χ0v) is 13.6. The first-order valence-electron chi connectivity index (χ1n) is 7.25. The number of nitrogens with one attached hydrogen (secondary N) is 1. The van der Waals surface area contributed by atoms with E-state index < -0.39 is 0 Å². The summed E-state index contributed by atoms with van der Waals surface area (Å²) in [7, 11) is 1.62. The lowest BCUT2D eigenvalue weighted by Crippen LogP contribution is -2.02. The van der Waals surface area contributed by atoms with E-state index in [4.69, 9.17) is 4.74 Å². The van der Waals surface area contributed by atoms with E-state index in [1.807, 2.05) is 12.1 Å².